The number of nitrogens with two attached hydrogens (primary N) is 1. The molecule has 3 heterocycles. The van der Waals surface area contributed by atoms with Gasteiger partial charge in [-0.15, -0.1) is 0 Å². The van der Waals surface area contributed by atoms with Gasteiger partial charge in [-0.05, 0) is 79.5 Å². The fourth-order valence-corrected chi connectivity index (χ4v) is 8.69. The van der Waals surface area contributed by atoms with Crippen LogP contribution in [-0.2, 0) is 40.1 Å². The van der Waals surface area contributed by atoms with Gasteiger partial charge < -0.3 is 54.6 Å². The minimum Gasteiger partial charge on any atom is -0.457 e. The number of benzene rings is 2. The number of sulfonamides is 1. The van der Waals surface area contributed by atoms with Crippen molar-refractivity contribution in [3.63, 3.8) is 0 Å². The van der Waals surface area contributed by atoms with Crippen molar-refractivity contribution in [2.45, 2.75) is 110 Å². The molecule has 3 aliphatic heterocycles. The van der Waals surface area contributed by atoms with E-state index in [0.29, 0.717) is 48.9 Å². The molecule has 2 aromatic rings. The number of amides is 2. The summed E-state index contributed by atoms with van der Waals surface area (Å²) in [5.74, 6) is 1.43. The molecule has 0 saturated carbocycles. The van der Waals surface area contributed by atoms with Crippen LogP contribution in [0.2, 0.25) is 0 Å². The summed E-state index contributed by atoms with van der Waals surface area (Å²) in [6, 6.07) is 13.0. The summed E-state index contributed by atoms with van der Waals surface area (Å²) in [6.45, 7) is 14.7. The van der Waals surface area contributed by atoms with Gasteiger partial charge in [0, 0.05) is 37.3 Å². The van der Waals surface area contributed by atoms with E-state index in [1.807, 2.05) is 44.2 Å². The van der Waals surface area contributed by atoms with Crippen LogP contribution in [-0.4, -0.2) is 120 Å². The van der Waals surface area contributed by atoms with Gasteiger partial charge in [0.2, 0.25) is 16.8 Å². The first kappa shape index (κ1) is 53.4. The molecule has 63 heavy (non-hydrogen) atoms. The zero-order valence-corrected chi connectivity index (χ0v) is 39.5. The number of fused-ring (bicyclic) bond motifs is 2. The second kappa shape index (κ2) is 25.5. The number of methoxy groups -OCH3 is 2. The predicted molar refractivity (Wildman–Crippen MR) is 237 cm³/mol. The lowest BCUT2D eigenvalue weighted by Gasteiger charge is -2.35. The van der Waals surface area contributed by atoms with Crippen molar-refractivity contribution >= 4 is 39.2 Å². The molecule has 0 bridgehead atoms. The predicted octanol–water partition coefficient (Wildman–Crippen LogP) is 6.43. The first-order chi connectivity index (χ1) is 29.7. The minimum absolute atomic E-state index is 0.0116. The second-order valence-electron chi connectivity index (χ2n) is 17.5. The third kappa shape index (κ3) is 17.5. The maximum atomic E-state index is 14.1. The Morgan fingerprint density at radius 1 is 0.968 bits per heavy atom. The van der Waals surface area contributed by atoms with E-state index in [9.17, 15) is 27.9 Å². The van der Waals surface area contributed by atoms with E-state index in [1.165, 1.54) is 30.7 Å². The Morgan fingerprint density at radius 2 is 1.65 bits per heavy atom. The van der Waals surface area contributed by atoms with Crippen molar-refractivity contribution in [3.05, 3.63) is 54.1 Å². The summed E-state index contributed by atoms with van der Waals surface area (Å²) < 4.78 is 65.5. The summed E-state index contributed by atoms with van der Waals surface area (Å²) in [5.41, 5.74) is 5.74. The SMILES string of the molecule is CC(C)(CCCN)CN(CC(O)[C@H](Cc1ccccc1)NC(=O)OC1COC2OCCC12)S(=O)(=O)c1ccc2c(c1)OCO2.COC(=O)Cl.COC(=O)NCCCC(C)(C)C(C)C. The number of nitrogens with one attached hydrogen (secondary N) is 2. The molecular weight excluding hydrogens is 860 g/mol. The standard InChI is InChI=1S/C31H43N3O9S.C11H23NO2.C2H3ClO2/c1-31(2,12-6-13-32)19-34(44(37,38)22-9-10-26-27(16-22)42-20-41-26)17-25(35)24(15-21-7-4-3-5-8-21)33-30(36)43-28-18-40-29-23(28)11-14-39-29;1-9(2)11(3,4)7-6-8-12-10(13)14-5;1-5-2(3)4/h3-5,7-10,16,23-25,28-29,35H,6,11-15,17-20,32H2,1-2H3,(H,33,36);9H,6-8H2,1-5H3,(H,12,13);1H3/t23?,24-,25?,28?,29?;;/m0../s1. The van der Waals surface area contributed by atoms with Gasteiger partial charge in [-0.3, -0.25) is 0 Å². The Kier molecular flexibility index (Phi) is 21.7. The molecule has 3 aliphatic rings. The van der Waals surface area contributed by atoms with Gasteiger partial charge in [-0.25, -0.2) is 22.8 Å². The van der Waals surface area contributed by atoms with E-state index in [1.54, 1.807) is 6.07 Å². The van der Waals surface area contributed by atoms with Crippen LogP contribution in [0, 0.1) is 22.7 Å². The van der Waals surface area contributed by atoms with E-state index in [4.69, 9.17) is 29.4 Å². The van der Waals surface area contributed by atoms with E-state index in [-0.39, 0.29) is 56.1 Å². The van der Waals surface area contributed by atoms with Crippen LogP contribution in [0.1, 0.15) is 79.2 Å². The number of carbonyl (C=O) groups is 3. The Labute approximate surface area is 377 Å². The molecule has 0 aliphatic carbocycles. The number of halogens is 1. The van der Waals surface area contributed by atoms with Gasteiger partial charge in [0.15, 0.2) is 17.8 Å². The molecule has 2 aromatic carbocycles. The Balaban J connectivity index is 0.000000465. The molecule has 4 unspecified atom stereocenters. The van der Waals surface area contributed by atoms with Crippen molar-refractivity contribution < 1.29 is 61.1 Å². The molecule has 2 amide bonds. The van der Waals surface area contributed by atoms with Crippen LogP contribution in [0.4, 0.5) is 14.4 Å². The number of carbonyl (C=O) groups excluding carboxylic acids is 3. The molecule has 19 heteroatoms. The van der Waals surface area contributed by atoms with Gasteiger partial charge in [0.05, 0.1) is 50.4 Å². The van der Waals surface area contributed by atoms with Crippen LogP contribution in [0.3, 0.4) is 0 Å². The Bertz CT molecular complexity index is 1840. The number of alkyl carbamates (subject to hydrolysis) is 2. The first-order valence-corrected chi connectivity index (χ1v) is 23.1. The smallest absolute Gasteiger partial charge is 0.407 e. The molecule has 2 saturated heterocycles. The van der Waals surface area contributed by atoms with Gasteiger partial charge in [0.1, 0.15) is 6.10 Å². The van der Waals surface area contributed by atoms with Gasteiger partial charge in [-0.2, -0.15) is 4.31 Å². The van der Waals surface area contributed by atoms with Crippen LogP contribution >= 0.6 is 11.6 Å². The number of ether oxygens (including phenoxy) is 7. The number of hydrogen-bond acceptors (Lipinski definition) is 14. The highest BCUT2D eigenvalue weighted by Gasteiger charge is 2.44. The molecule has 5 N–H and O–H groups in total. The highest BCUT2D eigenvalue weighted by atomic mass is 35.5. The summed E-state index contributed by atoms with van der Waals surface area (Å²) in [6.07, 6.45) is 1.32. The minimum atomic E-state index is -4.11. The monoisotopic (exact) mass is 928 g/mol. The molecule has 17 nitrogen and oxygen atoms in total. The van der Waals surface area contributed by atoms with Crippen LogP contribution in [0.15, 0.2) is 53.4 Å². The van der Waals surface area contributed by atoms with Crippen LogP contribution < -0.4 is 25.8 Å². The summed E-state index contributed by atoms with van der Waals surface area (Å²) in [7, 11) is -1.51. The third-order valence-corrected chi connectivity index (χ3v) is 13.5. The molecular formula is C44H69ClN4O13S. The largest absolute Gasteiger partial charge is 0.457 e. The number of aliphatic hydroxyl groups excluding tert-OH is 1. The van der Waals surface area contributed by atoms with E-state index in [2.05, 4.69) is 59.4 Å². The van der Waals surface area contributed by atoms with Crippen molar-refractivity contribution in [1.29, 1.82) is 0 Å². The van der Waals surface area contributed by atoms with Gasteiger partial charge in [-0.1, -0.05) is 71.9 Å². The molecule has 5 rings (SSSR count). The fraction of sp³-hybridized carbons (Fsp3) is 0.659. The highest BCUT2D eigenvalue weighted by Crippen LogP contribution is 2.36. The van der Waals surface area contributed by atoms with Crippen molar-refractivity contribution in [1.82, 2.24) is 14.9 Å². The molecule has 0 spiro atoms. The van der Waals surface area contributed by atoms with Crippen molar-refractivity contribution in [2.24, 2.45) is 28.4 Å². The normalized spacial score (nSPS) is 18.8. The Hall–Kier alpha value is -3.91. The Morgan fingerprint density at radius 3 is 2.29 bits per heavy atom. The summed E-state index contributed by atoms with van der Waals surface area (Å²) >= 11 is 4.60. The molecule has 0 aromatic heterocycles. The van der Waals surface area contributed by atoms with Gasteiger partial charge >= 0.3 is 17.6 Å². The number of hydrogen-bond donors (Lipinski definition) is 4. The zero-order chi connectivity index (χ0) is 46.8. The number of rotatable bonds is 19. The molecule has 0 radical (unpaired) electrons. The quantitative estimate of drug-likeness (QED) is 0.0678. The lowest BCUT2D eigenvalue weighted by Crippen LogP contribution is -2.52. The average molecular weight is 930 g/mol. The number of aliphatic hydroxyl groups is 1. The first-order valence-electron chi connectivity index (χ1n) is 21.3. The maximum Gasteiger partial charge on any atom is 0.407 e. The maximum absolute atomic E-state index is 14.1. The number of nitrogens with zero attached hydrogens (tertiary/aromatic N) is 1. The fourth-order valence-electron chi connectivity index (χ4n) is 7.02. The summed E-state index contributed by atoms with van der Waals surface area (Å²) in [4.78, 5) is 33.3. The lowest BCUT2D eigenvalue weighted by molar-refractivity contribution is -0.0907. The van der Waals surface area contributed by atoms with Crippen molar-refractivity contribution in [3.8, 4) is 11.5 Å². The summed E-state index contributed by atoms with van der Waals surface area (Å²) in [5, 5.41) is 17.2. The average Bonchev–Trinajstić information content (AvgIpc) is 4.01. The van der Waals surface area contributed by atoms with Crippen LogP contribution in [0.5, 0.6) is 11.5 Å². The third-order valence-electron chi connectivity index (χ3n) is 11.5. The van der Waals surface area contributed by atoms with E-state index in [0.717, 1.165) is 31.2 Å². The topological polar surface area (TPSA) is 224 Å². The van der Waals surface area contributed by atoms with Gasteiger partial charge in [0.25, 0.3) is 0 Å². The second-order valence-corrected chi connectivity index (χ2v) is 19.7. The van der Waals surface area contributed by atoms with Crippen molar-refractivity contribution in [2.75, 3.05) is 60.4 Å². The highest BCUT2D eigenvalue weighted by molar-refractivity contribution is 7.89. The molecule has 2 fully saturated rings. The zero-order valence-electron chi connectivity index (χ0n) is 37.9. The van der Waals surface area contributed by atoms with Crippen LogP contribution in [0.25, 0.3) is 0 Å². The lowest BCUT2D eigenvalue weighted by atomic mass is 9.77. The molecule has 356 valence electrons. The molecule has 5 atom stereocenters. The van der Waals surface area contributed by atoms with E-state index >= 15 is 0 Å². The van der Waals surface area contributed by atoms with E-state index < -0.39 is 45.2 Å².